The fourth-order valence-electron chi connectivity index (χ4n) is 3.81. The standard InChI is InChI=1S/C18H19ClFNO.C9H9Cl2FO/c19-17-11-15(6-7-18(17)20)10-16-13-21(8-9-22-16)12-14-4-2-1-3-5-14;10-5-7(13)3-6-1-2-9(12)8(11)4-6/h1-7,11,16H,8-10,12-13H2;1-2,4,7,13H,3,5H2/t16-;/m1./s1. The number of nitrogens with zero attached hydrogens (tertiary/aromatic N) is 1. The van der Waals surface area contributed by atoms with Gasteiger partial charge in [0.1, 0.15) is 11.6 Å². The van der Waals surface area contributed by atoms with Gasteiger partial charge in [-0.05, 0) is 53.8 Å². The van der Waals surface area contributed by atoms with E-state index in [4.69, 9.17) is 39.5 Å². The minimum atomic E-state index is -0.608. The van der Waals surface area contributed by atoms with Gasteiger partial charge in [0.15, 0.2) is 0 Å². The first kappa shape index (κ1) is 27.9. The number of aliphatic hydroxyl groups excluding tert-OH is 1. The summed E-state index contributed by atoms with van der Waals surface area (Å²) in [4.78, 5) is 2.40. The van der Waals surface area contributed by atoms with E-state index < -0.39 is 11.9 Å². The lowest BCUT2D eigenvalue weighted by atomic mass is 10.1. The number of ether oxygens (including phenoxy) is 1. The van der Waals surface area contributed by atoms with Crippen LogP contribution in [0.3, 0.4) is 0 Å². The van der Waals surface area contributed by atoms with Crippen molar-refractivity contribution >= 4 is 34.8 Å². The van der Waals surface area contributed by atoms with Crippen LogP contribution in [0.15, 0.2) is 66.7 Å². The molecule has 0 aliphatic carbocycles. The zero-order valence-electron chi connectivity index (χ0n) is 19.1. The third kappa shape index (κ3) is 9.34. The van der Waals surface area contributed by atoms with Crippen molar-refractivity contribution in [2.24, 2.45) is 0 Å². The van der Waals surface area contributed by atoms with Gasteiger partial charge >= 0.3 is 0 Å². The molecule has 2 atom stereocenters. The van der Waals surface area contributed by atoms with Crippen molar-refractivity contribution in [1.82, 2.24) is 4.90 Å². The van der Waals surface area contributed by atoms with Crippen LogP contribution >= 0.6 is 34.8 Å². The maximum Gasteiger partial charge on any atom is 0.141 e. The lowest BCUT2D eigenvalue weighted by Gasteiger charge is -2.33. The summed E-state index contributed by atoms with van der Waals surface area (Å²) in [6.07, 6.45) is 0.664. The second-order valence-electron chi connectivity index (χ2n) is 8.43. The Morgan fingerprint density at radius 2 is 1.54 bits per heavy atom. The molecule has 35 heavy (non-hydrogen) atoms. The second-order valence-corrected chi connectivity index (χ2v) is 9.55. The van der Waals surface area contributed by atoms with Gasteiger partial charge in [-0.2, -0.15) is 0 Å². The van der Waals surface area contributed by atoms with Crippen molar-refractivity contribution in [2.75, 3.05) is 25.6 Å². The van der Waals surface area contributed by atoms with E-state index in [1.54, 1.807) is 18.2 Å². The molecule has 1 fully saturated rings. The average molecular weight is 543 g/mol. The van der Waals surface area contributed by atoms with E-state index >= 15 is 0 Å². The molecule has 1 heterocycles. The van der Waals surface area contributed by atoms with Crippen LogP contribution in [0.1, 0.15) is 16.7 Å². The Morgan fingerprint density at radius 1 is 0.914 bits per heavy atom. The van der Waals surface area contributed by atoms with E-state index in [-0.39, 0.29) is 27.8 Å². The molecule has 0 spiro atoms. The molecule has 3 aromatic carbocycles. The zero-order valence-corrected chi connectivity index (χ0v) is 21.4. The largest absolute Gasteiger partial charge is 0.392 e. The molecule has 1 aliphatic heterocycles. The highest BCUT2D eigenvalue weighted by molar-refractivity contribution is 6.31. The van der Waals surface area contributed by atoms with Crippen LogP contribution in [0.25, 0.3) is 0 Å². The van der Waals surface area contributed by atoms with Crippen LogP contribution in [0.4, 0.5) is 8.78 Å². The fourth-order valence-corrected chi connectivity index (χ4v) is 4.33. The number of alkyl halides is 1. The van der Waals surface area contributed by atoms with Crippen molar-refractivity contribution in [2.45, 2.75) is 31.6 Å². The van der Waals surface area contributed by atoms with Crippen LogP contribution in [-0.4, -0.2) is 47.8 Å². The molecule has 0 saturated carbocycles. The number of rotatable bonds is 7. The molecule has 1 aliphatic rings. The SMILES string of the molecule is Fc1ccc(C[C@@H]2CN(Cc3ccccc3)CCO2)cc1Cl.OC(CCl)Cc1ccc(F)c(Cl)c1. The Morgan fingerprint density at radius 3 is 2.17 bits per heavy atom. The molecule has 1 saturated heterocycles. The van der Waals surface area contributed by atoms with E-state index in [9.17, 15) is 13.9 Å². The van der Waals surface area contributed by atoms with Gasteiger partial charge in [0.2, 0.25) is 0 Å². The lowest BCUT2D eigenvalue weighted by Crippen LogP contribution is -2.42. The van der Waals surface area contributed by atoms with Gasteiger partial charge in [-0.15, -0.1) is 11.6 Å². The quantitative estimate of drug-likeness (QED) is 0.344. The highest BCUT2D eigenvalue weighted by atomic mass is 35.5. The Kier molecular flexibility index (Phi) is 11.2. The number of morpholine rings is 1. The first-order valence-electron chi connectivity index (χ1n) is 11.3. The summed E-state index contributed by atoms with van der Waals surface area (Å²) >= 11 is 16.8. The maximum atomic E-state index is 13.2. The number of hydrogen-bond acceptors (Lipinski definition) is 3. The van der Waals surface area contributed by atoms with Crippen LogP contribution in [0.2, 0.25) is 10.0 Å². The number of aliphatic hydroxyl groups is 1. The van der Waals surface area contributed by atoms with E-state index in [1.165, 1.54) is 23.8 Å². The highest BCUT2D eigenvalue weighted by Gasteiger charge is 2.21. The summed E-state index contributed by atoms with van der Waals surface area (Å²) in [7, 11) is 0. The molecule has 1 N–H and O–H groups in total. The first-order chi connectivity index (χ1) is 16.8. The lowest BCUT2D eigenvalue weighted by molar-refractivity contribution is -0.0305. The minimum Gasteiger partial charge on any atom is -0.392 e. The Balaban J connectivity index is 0.000000225. The van der Waals surface area contributed by atoms with E-state index in [0.29, 0.717) is 6.42 Å². The molecule has 8 heteroatoms. The monoisotopic (exact) mass is 541 g/mol. The Hall–Kier alpha value is -1.73. The van der Waals surface area contributed by atoms with E-state index in [0.717, 1.165) is 43.8 Å². The Bertz CT molecular complexity index is 1070. The average Bonchev–Trinajstić information content (AvgIpc) is 2.85. The summed E-state index contributed by atoms with van der Waals surface area (Å²) in [6, 6.07) is 19.7. The van der Waals surface area contributed by atoms with Gasteiger partial charge in [0.05, 0.1) is 28.9 Å². The van der Waals surface area contributed by atoms with Crippen molar-refractivity contribution in [3.8, 4) is 0 Å². The van der Waals surface area contributed by atoms with Gasteiger partial charge in [-0.25, -0.2) is 8.78 Å². The van der Waals surface area contributed by atoms with Gasteiger partial charge in [-0.1, -0.05) is 65.7 Å². The smallest absolute Gasteiger partial charge is 0.141 e. The van der Waals surface area contributed by atoms with Gasteiger partial charge in [-0.3, -0.25) is 4.90 Å². The number of hydrogen-bond donors (Lipinski definition) is 1. The predicted molar refractivity (Wildman–Crippen MR) is 138 cm³/mol. The van der Waals surface area contributed by atoms with Gasteiger partial charge in [0, 0.05) is 25.5 Å². The normalized spacial score (nSPS) is 16.9. The molecule has 1 unspecified atom stereocenters. The van der Waals surface area contributed by atoms with Crippen LogP contribution < -0.4 is 0 Å². The topological polar surface area (TPSA) is 32.7 Å². The molecular weight excluding hydrogens is 515 g/mol. The molecule has 0 amide bonds. The molecule has 188 valence electrons. The van der Waals surface area contributed by atoms with Gasteiger partial charge < -0.3 is 9.84 Å². The molecule has 0 aromatic heterocycles. The minimum absolute atomic E-state index is 0.0688. The maximum absolute atomic E-state index is 13.2. The van der Waals surface area contributed by atoms with Gasteiger partial charge in [0.25, 0.3) is 0 Å². The van der Waals surface area contributed by atoms with Crippen molar-refractivity contribution in [1.29, 1.82) is 0 Å². The summed E-state index contributed by atoms with van der Waals surface area (Å²) in [5, 5.41) is 9.45. The van der Waals surface area contributed by atoms with Crippen LogP contribution in [0.5, 0.6) is 0 Å². The molecule has 4 rings (SSSR count). The second kappa shape index (κ2) is 14.1. The molecule has 0 bridgehead atoms. The summed E-state index contributed by atoms with van der Waals surface area (Å²) in [5.74, 6) is -0.666. The van der Waals surface area contributed by atoms with Crippen molar-refractivity contribution in [3.63, 3.8) is 0 Å². The molecule has 3 aromatic rings. The molecular formula is C27H28Cl3F2NO2. The molecule has 0 radical (unpaired) electrons. The van der Waals surface area contributed by atoms with E-state index in [2.05, 4.69) is 29.2 Å². The fraction of sp³-hybridized carbons (Fsp3) is 0.333. The third-order valence-electron chi connectivity index (χ3n) is 5.55. The Labute approximate surface area is 220 Å². The van der Waals surface area contributed by atoms with Crippen molar-refractivity contribution in [3.05, 3.63) is 105 Å². The first-order valence-corrected chi connectivity index (χ1v) is 12.6. The zero-order chi connectivity index (χ0) is 25.2. The predicted octanol–water partition coefficient (Wildman–Crippen LogP) is 6.54. The summed E-state index contributed by atoms with van der Waals surface area (Å²) in [5.41, 5.74) is 3.10. The summed E-state index contributed by atoms with van der Waals surface area (Å²) < 4.78 is 31.7. The number of halogens is 5. The highest BCUT2D eigenvalue weighted by Crippen LogP contribution is 2.20. The van der Waals surface area contributed by atoms with E-state index in [1.807, 2.05) is 6.07 Å². The van der Waals surface area contributed by atoms with Crippen molar-refractivity contribution < 1.29 is 18.6 Å². The summed E-state index contributed by atoms with van der Waals surface area (Å²) in [6.45, 7) is 3.48. The van der Waals surface area contributed by atoms with Crippen LogP contribution in [0, 0.1) is 11.6 Å². The third-order valence-corrected chi connectivity index (χ3v) is 6.49. The van der Waals surface area contributed by atoms with Crippen LogP contribution in [-0.2, 0) is 24.1 Å². The number of benzene rings is 3. The molecule has 3 nitrogen and oxygen atoms in total.